The van der Waals surface area contributed by atoms with Crippen molar-refractivity contribution in [2.45, 2.75) is 24.9 Å². The number of rotatable bonds is 5. The van der Waals surface area contributed by atoms with Gasteiger partial charge in [-0.1, -0.05) is 0 Å². The van der Waals surface area contributed by atoms with Crippen LogP contribution in [0.1, 0.15) is 13.3 Å². The first-order chi connectivity index (χ1) is 7.91. The molecule has 0 aromatic heterocycles. The van der Waals surface area contributed by atoms with Crippen LogP contribution in [-0.2, 0) is 0 Å². The molecule has 2 atom stereocenters. The number of amidine groups is 1. The maximum atomic E-state index is 4.72. The van der Waals surface area contributed by atoms with Crippen LogP contribution in [-0.4, -0.2) is 73.2 Å². The van der Waals surface area contributed by atoms with Crippen LogP contribution >= 0.6 is 34.0 Å². The van der Waals surface area contributed by atoms with E-state index in [0.29, 0.717) is 6.04 Å². The van der Waals surface area contributed by atoms with Crippen LogP contribution in [0.15, 0.2) is 4.99 Å². The average Bonchev–Trinajstić information content (AvgIpc) is 2.73. The molecule has 0 amide bonds. The Morgan fingerprint density at radius 1 is 1.22 bits per heavy atom. The number of hydrogen-bond acceptors (Lipinski definition) is 6. The Bertz CT molecular complexity index is 274. The molecule has 0 bridgehead atoms. The second-order valence-corrected chi connectivity index (χ2v) is 7.14. The third-order valence-electron chi connectivity index (χ3n) is 2.85. The Hall–Kier alpha value is 0.380. The van der Waals surface area contributed by atoms with E-state index in [2.05, 4.69) is 42.8 Å². The molecule has 4 nitrogen and oxygen atoms in total. The van der Waals surface area contributed by atoms with Gasteiger partial charge in [-0.3, -0.25) is 4.90 Å². The summed E-state index contributed by atoms with van der Waals surface area (Å²) in [5.41, 5.74) is 0.259. The third kappa shape index (κ3) is 5.57. The van der Waals surface area contributed by atoms with Crippen molar-refractivity contribution in [1.82, 2.24) is 14.7 Å². The van der Waals surface area contributed by atoms with E-state index in [1.807, 2.05) is 24.9 Å². The van der Waals surface area contributed by atoms with Crippen LogP contribution in [0.25, 0.3) is 0 Å². The fourth-order valence-corrected chi connectivity index (χ4v) is 4.09. The summed E-state index contributed by atoms with van der Waals surface area (Å²) in [6.45, 7) is 3.40. The molecule has 1 aliphatic rings. The van der Waals surface area contributed by atoms with Gasteiger partial charge >= 0.3 is 0 Å². The lowest BCUT2D eigenvalue weighted by atomic mass is 10.2. The van der Waals surface area contributed by atoms with Crippen molar-refractivity contribution in [3.8, 4) is 0 Å². The second-order valence-electron chi connectivity index (χ2n) is 4.92. The van der Waals surface area contributed by atoms with Crippen LogP contribution in [0.4, 0.5) is 0 Å². The van der Waals surface area contributed by atoms with E-state index in [-0.39, 0.29) is 17.9 Å². The molecule has 0 radical (unpaired) electrons. The van der Waals surface area contributed by atoms with Crippen molar-refractivity contribution in [1.29, 1.82) is 0 Å². The molecular formula is C11H25ClN4S2. The maximum Gasteiger partial charge on any atom is 0.172 e. The summed E-state index contributed by atoms with van der Waals surface area (Å²) in [7, 11) is 14.1. The monoisotopic (exact) mass is 312 g/mol. The largest absolute Gasteiger partial charge is 0.357 e. The van der Waals surface area contributed by atoms with Crippen molar-refractivity contribution < 1.29 is 0 Å². The minimum atomic E-state index is 0. The van der Waals surface area contributed by atoms with E-state index in [4.69, 9.17) is 4.99 Å². The molecule has 0 saturated carbocycles. The van der Waals surface area contributed by atoms with E-state index in [1.54, 1.807) is 10.8 Å². The first kappa shape index (κ1) is 18.4. The molecule has 0 aromatic rings. The zero-order valence-electron chi connectivity index (χ0n) is 12.1. The molecule has 1 heterocycles. The number of nitrogens with zero attached hydrogens (tertiary/aromatic N) is 4. The Morgan fingerprint density at radius 2 is 1.83 bits per heavy atom. The number of aliphatic imine (C=N–C) groups is 1. The summed E-state index contributed by atoms with van der Waals surface area (Å²) in [6.07, 6.45) is 1.18. The lowest BCUT2D eigenvalue weighted by Gasteiger charge is -2.28. The standard InChI is InChI=1S/C11H24N4S2.ClH/c1-9(7-8-13(2)3)15(6)11-12-10(14(4)5)16-17-11;/h9,11H,7-8H2,1-6H3;1H. The average molecular weight is 313 g/mol. The quantitative estimate of drug-likeness (QED) is 0.724. The van der Waals surface area contributed by atoms with Crippen LogP contribution < -0.4 is 0 Å². The van der Waals surface area contributed by atoms with Crippen LogP contribution in [0, 0.1) is 0 Å². The molecule has 0 spiro atoms. The highest BCUT2D eigenvalue weighted by Gasteiger charge is 2.26. The van der Waals surface area contributed by atoms with Gasteiger partial charge in [-0.15, -0.1) is 12.4 Å². The molecule has 1 rings (SSSR count). The van der Waals surface area contributed by atoms with Gasteiger partial charge in [0.15, 0.2) is 10.7 Å². The Kier molecular flexibility index (Phi) is 8.71. The highest BCUT2D eigenvalue weighted by Crippen LogP contribution is 2.38. The molecule has 0 fully saturated rings. The molecule has 1 aliphatic heterocycles. The van der Waals surface area contributed by atoms with Crippen molar-refractivity contribution in [3.63, 3.8) is 0 Å². The minimum Gasteiger partial charge on any atom is -0.357 e. The summed E-state index contributed by atoms with van der Waals surface area (Å²) in [5.74, 6) is 0. The smallest absolute Gasteiger partial charge is 0.172 e. The van der Waals surface area contributed by atoms with Gasteiger partial charge in [0.2, 0.25) is 0 Å². The predicted octanol–water partition coefficient (Wildman–Crippen LogP) is 2.28. The fraction of sp³-hybridized carbons (Fsp3) is 0.909. The molecule has 108 valence electrons. The van der Waals surface area contributed by atoms with Gasteiger partial charge < -0.3 is 9.80 Å². The van der Waals surface area contributed by atoms with Gasteiger partial charge in [-0.05, 0) is 62.6 Å². The van der Waals surface area contributed by atoms with Crippen molar-refractivity contribution in [2.75, 3.05) is 41.8 Å². The Morgan fingerprint density at radius 3 is 2.28 bits per heavy atom. The topological polar surface area (TPSA) is 22.1 Å². The van der Waals surface area contributed by atoms with E-state index in [1.165, 1.54) is 6.42 Å². The first-order valence-corrected chi connectivity index (χ1v) is 8.08. The minimum absolute atomic E-state index is 0. The zero-order valence-corrected chi connectivity index (χ0v) is 14.5. The Balaban J connectivity index is 0.00000289. The first-order valence-electron chi connectivity index (χ1n) is 5.87. The summed E-state index contributed by atoms with van der Waals surface area (Å²) >= 11 is 0. The molecule has 0 N–H and O–H groups in total. The van der Waals surface area contributed by atoms with Gasteiger partial charge in [-0.2, -0.15) is 0 Å². The number of halogens is 1. The van der Waals surface area contributed by atoms with Crippen LogP contribution in [0.3, 0.4) is 0 Å². The summed E-state index contributed by atoms with van der Waals surface area (Å²) in [5, 5.41) is 1.12. The summed E-state index contributed by atoms with van der Waals surface area (Å²) < 4.78 is 0. The molecular weight excluding hydrogens is 288 g/mol. The van der Waals surface area contributed by atoms with E-state index >= 15 is 0 Å². The van der Waals surface area contributed by atoms with Gasteiger partial charge in [0.1, 0.15) is 0 Å². The molecule has 0 saturated heterocycles. The zero-order chi connectivity index (χ0) is 13.0. The third-order valence-corrected chi connectivity index (χ3v) is 5.43. The molecule has 18 heavy (non-hydrogen) atoms. The maximum absolute atomic E-state index is 4.72. The SMILES string of the molecule is CC(CCN(C)C)N(C)C1N=C(N(C)C)SS1.Cl. The van der Waals surface area contributed by atoms with Crippen LogP contribution in [0.5, 0.6) is 0 Å². The Labute approximate surface area is 125 Å². The summed E-state index contributed by atoms with van der Waals surface area (Å²) in [4.78, 5) is 11.4. The highest BCUT2D eigenvalue weighted by atomic mass is 35.5. The van der Waals surface area contributed by atoms with E-state index in [9.17, 15) is 0 Å². The van der Waals surface area contributed by atoms with E-state index < -0.39 is 0 Å². The fourth-order valence-electron chi connectivity index (χ4n) is 1.44. The van der Waals surface area contributed by atoms with E-state index in [0.717, 1.165) is 11.7 Å². The highest BCUT2D eigenvalue weighted by molar-refractivity contribution is 8.82. The lowest BCUT2D eigenvalue weighted by Crippen LogP contribution is -2.36. The van der Waals surface area contributed by atoms with Crippen molar-refractivity contribution >= 4 is 39.2 Å². The normalized spacial score (nSPS) is 20.9. The molecule has 0 aromatic carbocycles. The van der Waals surface area contributed by atoms with Gasteiger partial charge in [-0.25, -0.2) is 4.99 Å². The van der Waals surface area contributed by atoms with Gasteiger partial charge in [0.05, 0.1) is 0 Å². The summed E-state index contributed by atoms with van der Waals surface area (Å²) in [6, 6.07) is 0.556. The number of hydrogen-bond donors (Lipinski definition) is 0. The van der Waals surface area contributed by atoms with Crippen LogP contribution in [0.2, 0.25) is 0 Å². The van der Waals surface area contributed by atoms with Crippen molar-refractivity contribution in [3.05, 3.63) is 0 Å². The predicted molar refractivity (Wildman–Crippen MR) is 87.7 cm³/mol. The van der Waals surface area contributed by atoms with Gasteiger partial charge in [0, 0.05) is 20.1 Å². The molecule has 0 aliphatic carbocycles. The van der Waals surface area contributed by atoms with Gasteiger partial charge in [0.25, 0.3) is 0 Å². The molecule has 7 heteroatoms. The molecule has 2 unspecified atom stereocenters. The lowest BCUT2D eigenvalue weighted by molar-refractivity contribution is 0.218. The van der Waals surface area contributed by atoms with Crippen molar-refractivity contribution in [2.24, 2.45) is 4.99 Å². The second kappa shape index (κ2) is 8.53.